The van der Waals surface area contributed by atoms with Gasteiger partial charge in [0.1, 0.15) is 37.1 Å². The zero-order chi connectivity index (χ0) is 44.9. The van der Waals surface area contributed by atoms with Gasteiger partial charge in [0.15, 0.2) is 30.7 Å². The quantitative estimate of drug-likeness (QED) is 0.0781. The van der Waals surface area contributed by atoms with E-state index in [-0.39, 0.29) is 11.1 Å². The van der Waals surface area contributed by atoms with Crippen LogP contribution in [-0.4, -0.2) is 141 Å². The van der Waals surface area contributed by atoms with Crippen molar-refractivity contribution in [3.05, 3.63) is 82.2 Å². The van der Waals surface area contributed by atoms with E-state index in [1.165, 1.54) is 31.4 Å². The number of ether oxygens (including phenoxy) is 11. The first kappa shape index (κ1) is 47.5. The molecule has 22 heteroatoms. The molecule has 22 nitrogen and oxygen atoms in total. The standard InChI is InChI=1S/C39H45N3O19/c1-20(43)53-18-28(56-22(3)45)31(57-23(4)46)32-29(41-42-40)26(55-21(2)44)17-39(61-32,38(50)52-6)54-19-27-30(47)33(59-35(48)24-13-9-7-10-14-24)34(37(51-5)58-27)60-36(49)25-15-11-8-12-16-25/h7-16,26-34,37,47H,17-19H2,1-6H3/t26-,27+,28+,29+,30-,31+,32+,33-,34+,37+,39+/m0/s1. The number of nitrogens with zero attached hydrogens (tertiary/aromatic N) is 3. The fraction of sp³-hybridized carbons (Fsp3) is 0.513. The molecule has 0 radical (unpaired) electrons. The van der Waals surface area contributed by atoms with Crippen LogP contribution in [0, 0.1) is 0 Å². The van der Waals surface area contributed by atoms with Gasteiger partial charge in [0.25, 0.3) is 5.79 Å². The van der Waals surface area contributed by atoms with Crippen LogP contribution >= 0.6 is 0 Å². The summed E-state index contributed by atoms with van der Waals surface area (Å²) in [5.74, 6) is -9.62. The van der Waals surface area contributed by atoms with Crippen molar-refractivity contribution in [2.75, 3.05) is 27.4 Å². The first-order chi connectivity index (χ1) is 29.0. The van der Waals surface area contributed by atoms with Crippen LogP contribution < -0.4 is 0 Å². The highest BCUT2D eigenvalue weighted by Gasteiger charge is 2.60. The molecule has 2 aromatic rings. The van der Waals surface area contributed by atoms with Crippen LogP contribution in [0.4, 0.5) is 0 Å². The number of aliphatic hydroxyl groups is 1. The largest absolute Gasteiger partial charge is 0.465 e. The highest BCUT2D eigenvalue weighted by atomic mass is 16.8. The van der Waals surface area contributed by atoms with E-state index in [4.69, 9.17) is 52.1 Å². The van der Waals surface area contributed by atoms with E-state index in [1.807, 2.05) is 0 Å². The average molecular weight is 860 g/mol. The first-order valence-electron chi connectivity index (χ1n) is 18.5. The molecule has 2 aromatic carbocycles. The van der Waals surface area contributed by atoms with Crippen molar-refractivity contribution in [1.29, 1.82) is 0 Å². The Labute approximate surface area is 348 Å². The lowest BCUT2D eigenvalue weighted by molar-refractivity contribution is -0.336. The SMILES string of the molecule is COC(=O)[C@@]1(OC[C@H]2O[C@@H](OC)[C@H](OC(=O)c3ccccc3)[C@@H](OC(=O)c3ccccc3)[C@H]2O)C[C@H](OC(C)=O)[C@@H](N=[N+]=[N-])[C@H]([C@H](OC(C)=O)[C@@H](COC(C)=O)OC(C)=O)O1. The minimum atomic E-state index is -2.72. The molecule has 0 aliphatic carbocycles. The molecule has 4 rings (SSSR count). The van der Waals surface area contributed by atoms with Crippen LogP contribution in [0.5, 0.6) is 0 Å². The molecule has 0 bridgehead atoms. The van der Waals surface area contributed by atoms with Gasteiger partial charge in [-0.3, -0.25) is 19.2 Å². The van der Waals surface area contributed by atoms with Gasteiger partial charge in [-0.15, -0.1) is 0 Å². The number of esters is 7. The minimum absolute atomic E-state index is 0.0663. The molecule has 0 spiro atoms. The van der Waals surface area contributed by atoms with Crippen LogP contribution in [0.25, 0.3) is 10.4 Å². The van der Waals surface area contributed by atoms with Crippen LogP contribution in [0.3, 0.4) is 0 Å². The summed E-state index contributed by atoms with van der Waals surface area (Å²) in [4.78, 5) is 92.4. The van der Waals surface area contributed by atoms with Crippen molar-refractivity contribution >= 4 is 41.8 Å². The smallest absolute Gasteiger partial charge is 0.366 e. The molecular formula is C39H45N3O19. The van der Waals surface area contributed by atoms with Gasteiger partial charge in [-0.25, -0.2) is 14.4 Å². The Bertz CT molecular complexity index is 1930. The Morgan fingerprint density at radius 1 is 0.820 bits per heavy atom. The number of aliphatic hydroxyl groups excluding tert-OH is 1. The van der Waals surface area contributed by atoms with Gasteiger partial charge in [-0.1, -0.05) is 41.5 Å². The summed E-state index contributed by atoms with van der Waals surface area (Å²) in [6.45, 7) is 2.37. The van der Waals surface area contributed by atoms with Crippen molar-refractivity contribution in [3.63, 3.8) is 0 Å². The third-order valence-electron chi connectivity index (χ3n) is 9.11. The van der Waals surface area contributed by atoms with Gasteiger partial charge in [0, 0.05) is 39.7 Å². The van der Waals surface area contributed by atoms with E-state index >= 15 is 0 Å². The molecule has 61 heavy (non-hydrogen) atoms. The Hall–Kier alpha value is -6.16. The van der Waals surface area contributed by atoms with Crippen molar-refractivity contribution in [2.24, 2.45) is 5.11 Å². The van der Waals surface area contributed by atoms with Gasteiger partial charge in [-0.05, 0) is 29.8 Å². The lowest BCUT2D eigenvalue weighted by atomic mass is 9.88. The summed E-state index contributed by atoms with van der Waals surface area (Å²) in [5, 5.41) is 15.5. The Kier molecular flexibility index (Phi) is 17.1. The molecule has 0 aromatic heterocycles. The molecular weight excluding hydrogens is 814 g/mol. The van der Waals surface area contributed by atoms with Crippen molar-refractivity contribution in [2.45, 2.75) is 101 Å². The molecule has 11 atom stereocenters. The Morgan fingerprint density at radius 2 is 1.39 bits per heavy atom. The topological polar surface area (TPSA) is 290 Å². The van der Waals surface area contributed by atoms with Gasteiger partial charge in [0.2, 0.25) is 0 Å². The maximum absolute atomic E-state index is 13.9. The van der Waals surface area contributed by atoms with E-state index in [0.29, 0.717) is 0 Å². The number of benzene rings is 2. The lowest BCUT2D eigenvalue weighted by Crippen LogP contribution is -2.66. The lowest BCUT2D eigenvalue weighted by Gasteiger charge is -2.48. The number of rotatable bonds is 17. The summed E-state index contributed by atoms with van der Waals surface area (Å²) in [6.07, 6.45) is -16.3. The van der Waals surface area contributed by atoms with E-state index in [0.717, 1.165) is 34.8 Å². The summed E-state index contributed by atoms with van der Waals surface area (Å²) >= 11 is 0. The molecule has 0 unspecified atom stereocenters. The fourth-order valence-electron chi connectivity index (χ4n) is 6.54. The molecule has 2 fully saturated rings. The zero-order valence-electron chi connectivity index (χ0n) is 33.8. The fourth-order valence-corrected chi connectivity index (χ4v) is 6.54. The maximum Gasteiger partial charge on any atom is 0.366 e. The third-order valence-corrected chi connectivity index (χ3v) is 9.11. The molecule has 330 valence electrons. The van der Waals surface area contributed by atoms with E-state index in [2.05, 4.69) is 10.0 Å². The molecule has 2 heterocycles. The van der Waals surface area contributed by atoms with Gasteiger partial charge in [0.05, 0.1) is 31.3 Å². The second-order valence-electron chi connectivity index (χ2n) is 13.5. The molecule has 2 aliphatic heterocycles. The number of carbonyl (C=O) groups excluding carboxylic acids is 7. The molecule has 2 saturated heterocycles. The van der Waals surface area contributed by atoms with E-state index in [9.17, 15) is 44.2 Å². The first-order valence-corrected chi connectivity index (χ1v) is 18.5. The molecule has 0 saturated carbocycles. The predicted octanol–water partition coefficient (Wildman–Crippen LogP) is 1.88. The van der Waals surface area contributed by atoms with Crippen LogP contribution in [0.2, 0.25) is 0 Å². The van der Waals surface area contributed by atoms with Crippen molar-refractivity contribution in [3.8, 4) is 0 Å². The Balaban J connectivity index is 1.78. The normalized spacial score (nSPS) is 26.7. The molecule has 1 N–H and O–H groups in total. The van der Waals surface area contributed by atoms with Crippen LogP contribution in [0.15, 0.2) is 65.8 Å². The Morgan fingerprint density at radius 3 is 1.89 bits per heavy atom. The second-order valence-corrected chi connectivity index (χ2v) is 13.5. The monoisotopic (exact) mass is 859 g/mol. The van der Waals surface area contributed by atoms with Crippen molar-refractivity contribution in [1.82, 2.24) is 0 Å². The van der Waals surface area contributed by atoms with Gasteiger partial charge < -0.3 is 57.2 Å². The second kappa shape index (κ2) is 21.9. The highest BCUT2D eigenvalue weighted by molar-refractivity contribution is 5.90. The molecule has 0 amide bonds. The third kappa shape index (κ3) is 12.4. The summed E-state index contributed by atoms with van der Waals surface area (Å²) < 4.78 is 61.6. The predicted molar refractivity (Wildman–Crippen MR) is 199 cm³/mol. The number of hydrogen-bond donors (Lipinski definition) is 1. The number of methoxy groups -OCH3 is 2. The van der Waals surface area contributed by atoms with E-state index < -0.39 is 128 Å². The van der Waals surface area contributed by atoms with Crippen LogP contribution in [0.1, 0.15) is 54.8 Å². The summed E-state index contributed by atoms with van der Waals surface area (Å²) in [5.41, 5.74) is 9.77. The van der Waals surface area contributed by atoms with Gasteiger partial charge >= 0.3 is 41.8 Å². The number of hydrogen-bond acceptors (Lipinski definition) is 20. The highest BCUT2D eigenvalue weighted by Crippen LogP contribution is 2.39. The number of carbonyl (C=O) groups is 7. The molecule has 2 aliphatic rings. The minimum Gasteiger partial charge on any atom is -0.465 e. The zero-order valence-corrected chi connectivity index (χ0v) is 33.8. The summed E-state index contributed by atoms with van der Waals surface area (Å²) in [6, 6.07) is 13.7. The van der Waals surface area contributed by atoms with Crippen molar-refractivity contribution < 1.29 is 90.8 Å². The van der Waals surface area contributed by atoms with Crippen LogP contribution in [-0.2, 0) is 76.1 Å². The summed E-state index contributed by atoms with van der Waals surface area (Å²) in [7, 11) is 2.12. The number of azide groups is 1. The average Bonchev–Trinajstić information content (AvgIpc) is 3.23. The van der Waals surface area contributed by atoms with E-state index in [1.54, 1.807) is 36.4 Å². The van der Waals surface area contributed by atoms with Gasteiger partial charge in [-0.2, -0.15) is 0 Å². The maximum atomic E-state index is 13.9.